The van der Waals surface area contributed by atoms with E-state index >= 15 is 0 Å². The highest BCUT2D eigenvalue weighted by Gasteiger charge is 2.10. The van der Waals surface area contributed by atoms with Crippen molar-refractivity contribution in [2.24, 2.45) is 5.73 Å². The monoisotopic (exact) mass is 242 g/mol. The van der Waals surface area contributed by atoms with E-state index in [4.69, 9.17) is 18.0 Å². The number of nitrogens with two attached hydrogens (primary N) is 1. The van der Waals surface area contributed by atoms with Gasteiger partial charge in [-0.05, 0) is 25.1 Å². The van der Waals surface area contributed by atoms with Crippen LogP contribution < -0.4 is 10.6 Å². The third kappa shape index (κ3) is 3.15. The molecule has 0 saturated carbocycles. The summed E-state index contributed by atoms with van der Waals surface area (Å²) in [7, 11) is 1.71. The molecule has 16 heavy (non-hydrogen) atoms. The Bertz CT molecular complexity index is 396. The van der Waals surface area contributed by atoms with Gasteiger partial charge in [-0.3, -0.25) is 0 Å². The van der Waals surface area contributed by atoms with E-state index in [1.165, 1.54) is 6.07 Å². The summed E-state index contributed by atoms with van der Waals surface area (Å²) in [5.74, 6) is -0.395. The summed E-state index contributed by atoms with van der Waals surface area (Å²) in [6.07, 6.45) is -0.514. The molecular formula is C11H15FN2OS. The topological polar surface area (TPSA) is 49.5 Å². The Morgan fingerprint density at radius 2 is 2.25 bits per heavy atom. The first-order valence-corrected chi connectivity index (χ1v) is 5.31. The molecule has 0 bridgehead atoms. The zero-order valence-electron chi connectivity index (χ0n) is 9.27. The Morgan fingerprint density at radius 1 is 1.62 bits per heavy atom. The molecular weight excluding hydrogens is 227 g/mol. The van der Waals surface area contributed by atoms with Crippen LogP contribution in [0.15, 0.2) is 18.2 Å². The van der Waals surface area contributed by atoms with E-state index in [0.29, 0.717) is 17.8 Å². The van der Waals surface area contributed by atoms with Crippen molar-refractivity contribution in [2.45, 2.75) is 13.0 Å². The fourth-order valence-corrected chi connectivity index (χ4v) is 1.59. The van der Waals surface area contributed by atoms with Crippen molar-refractivity contribution in [3.8, 4) is 0 Å². The second kappa shape index (κ2) is 5.23. The van der Waals surface area contributed by atoms with Crippen molar-refractivity contribution in [3.05, 3.63) is 29.6 Å². The molecule has 0 amide bonds. The normalized spacial score (nSPS) is 12.2. The number of hydrogen-bond donors (Lipinski definition) is 2. The highest BCUT2D eigenvalue weighted by atomic mass is 32.1. The van der Waals surface area contributed by atoms with Gasteiger partial charge in [-0.25, -0.2) is 4.39 Å². The molecule has 0 fully saturated rings. The molecule has 1 rings (SSSR count). The van der Waals surface area contributed by atoms with Gasteiger partial charge in [-0.1, -0.05) is 12.2 Å². The van der Waals surface area contributed by atoms with Crippen molar-refractivity contribution in [1.82, 2.24) is 0 Å². The standard InChI is InChI=1S/C11H15FN2OS/c1-7(15)6-14(2)10-4-3-8(11(13)16)5-9(10)12/h3-5,7,15H,6H2,1-2H3,(H2,13,16). The molecule has 0 heterocycles. The van der Waals surface area contributed by atoms with Crippen LogP contribution in [-0.2, 0) is 0 Å². The number of benzene rings is 1. The molecule has 0 spiro atoms. The second-order valence-electron chi connectivity index (χ2n) is 3.76. The van der Waals surface area contributed by atoms with Gasteiger partial charge in [-0.2, -0.15) is 0 Å². The number of aliphatic hydroxyl groups is 1. The second-order valence-corrected chi connectivity index (χ2v) is 4.20. The number of anilines is 1. The van der Waals surface area contributed by atoms with Gasteiger partial charge >= 0.3 is 0 Å². The molecule has 0 saturated heterocycles. The van der Waals surface area contributed by atoms with Gasteiger partial charge < -0.3 is 15.7 Å². The fourth-order valence-electron chi connectivity index (χ4n) is 1.46. The Hall–Kier alpha value is -1.20. The number of likely N-dealkylation sites (N-methyl/N-ethyl adjacent to an activating group) is 1. The van der Waals surface area contributed by atoms with Crippen LogP contribution in [0.1, 0.15) is 12.5 Å². The highest BCUT2D eigenvalue weighted by Crippen LogP contribution is 2.19. The van der Waals surface area contributed by atoms with Crippen LogP contribution in [0.5, 0.6) is 0 Å². The zero-order valence-corrected chi connectivity index (χ0v) is 10.1. The Labute approximate surface area is 99.7 Å². The minimum atomic E-state index is -0.514. The van der Waals surface area contributed by atoms with Crippen molar-refractivity contribution in [1.29, 1.82) is 0 Å². The number of halogens is 1. The minimum Gasteiger partial charge on any atom is -0.392 e. The summed E-state index contributed by atoms with van der Waals surface area (Å²) < 4.78 is 13.7. The van der Waals surface area contributed by atoms with Gasteiger partial charge in [-0.15, -0.1) is 0 Å². The van der Waals surface area contributed by atoms with Crippen molar-refractivity contribution in [2.75, 3.05) is 18.5 Å². The van der Waals surface area contributed by atoms with E-state index in [1.54, 1.807) is 31.0 Å². The van der Waals surface area contributed by atoms with Crippen LogP contribution in [0.4, 0.5) is 10.1 Å². The maximum atomic E-state index is 13.7. The lowest BCUT2D eigenvalue weighted by Crippen LogP contribution is -2.27. The molecule has 0 aliphatic heterocycles. The average molecular weight is 242 g/mol. The fraction of sp³-hybridized carbons (Fsp3) is 0.364. The maximum Gasteiger partial charge on any atom is 0.147 e. The number of aliphatic hydroxyl groups excluding tert-OH is 1. The molecule has 1 aromatic carbocycles. The first-order chi connectivity index (χ1) is 7.41. The van der Waals surface area contributed by atoms with Crippen molar-refractivity contribution < 1.29 is 9.50 Å². The SMILES string of the molecule is CC(O)CN(C)c1ccc(C(N)=S)cc1F. The number of thiocarbonyl (C=S) groups is 1. The summed E-state index contributed by atoms with van der Waals surface area (Å²) in [6.45, 7) is 2.02. The molecule has 3 N–H and O–H groups in total. The molecule has 1 unspecified atom stereocenters. The van der Waals surface area contributed by atoms with E-state index < -0.39 is 11.9 Å². The van der Waals surface area contributed by atoms with Gasteiger partial charge in [0.15, 0.2) is 0 Å². The Morgan fingerprint density at radius 3 is 2.69 bits per heavy atom. The molecule has 3 nitrogen and oxygen atoms in total. The summed E-state index contributed by atoms with van der Waals surface area (Å²) in [6, 6.07) is 4.57. The summed E-state index contributed by atoms with van der Waals surface area (Å²) >= 11 is 4.76. The predicted octanol–water partition coefficient (Wildman–Crippen LogP) is 1.28. The zero-order chi connectivity index (χ0) is 12.3. The van der Waals surface area contributed by atoms with Crippen molar-refractivity contribution in [3.63, 3.8) is 0 Å². The largest absolute Gasteiger partial charge is 0.392 e. The van der Waals surface area contributed by atoms with Crippen LogP contribution in [0.25, 0.3) is 0 Å². The van der Waals surface area contributed by atoms with Gasteiger partial charge in [0.1, 0.15) is 10.8 Å². The van der Waals surface area contributed by atoms with Crippen molar-refractivity contribution >= 4 is 22.9 Å². The summed E-state index contributed by atoms with van der Waals surface area (Å²) in [5.41, 5.74) is 6.32. The molecule has 0 aliphatic carbocycles. The lowest BCUT2D eigenvalue weighted by atomic mass is 10.2. The van der Waals surface area contributed by atoms with Crippen LogP contribution in [0.2, 0.25) is 0 Å². The number of rotatable bonds is 4. The van der Waals surface area contributed by atoms with E-state index in [9.17, 15) is 9.50 Å². The van der Waals surface area contributed by atoms with Crippen LogP contribution in [0, 0.1) is 5.82 Å². The molecule has 0 aromatic heterocycles. The van der Waals surface area contributed by atoms with E-state index in [0.717, 1.165) is 0 Å². The van der Waals surface area contributed by atoms with E-state index in [-0.39, 0.29) is 4.99 Å². The third-order valence-electron chi connectivity index (χ3n) is 2.18. The Balaban J connectivity index is 2.94. The molecule has 5 heteroatoms. The van der Waals surface area contributed by atoms with Crippen LogP contribution in [0.3, 0.4) is 0 Å². The Kier molecular flexibility index (Phi) is 4.20. The smallest absolute Gasteiger partial charge is 0.147 e. The van der Waals surface area contributed by atoms with Gasteiger partial charge in [0.25, 0.3) is 0 Å². The molecule has 0 radical (unpaired) electrons. The molecule has 88 valence electrons. The van der Waals surface area contributed by atoms with Gasteiger partial charge in [0.05, 0.1) is 11.8 Å². The van der Waals surface area contributed by atoms with E-state index in [2.05, 4.69) is 0 Å². The number of nitrogens with zero attached hydrogens (tertiary/aromatic N) is 1. The lowest BCUT2D eigenvalue weighted by Gasteiger charge is -2.21. The third-order valence-corrected chi connectivity index (χ3v) is 2.42. The van der Waals surface area contributed by atoms with Crippen LogP contribution in [-0.4, -0.2) is 29.8 Å². The van der Waals surface area contributed by atoms with Gasteiger partial charge in [0, 0.05) is 19.2 Å². The highest BCUT2D eigenvalue weighted by molar-refractivity contribution is 7.80. The predicted molar refractivity (Wildman–Crippen MR) is 67.2 cm³/mol. The molecule has 1 atom stereocenters. The summed E-state index contributed by atoms with van der Waals surface area (Å²) in [5, 5.41) is 9.21. The first kappa shape index (κ1) is 12.9. The van der Waals surface area contributed by atoms with Gasteiger partial charge in [0.2, 0.25) is 0 Å². The summed E-state index contributed by atoms with van der Waals surface area (Å²) in [4.78, 5) is 1.81. The van der Waals surface area contributed by atoms with E-state index in [1.807, 2.05) is 0 Å². The first-order valence-electron chi connectivity index (χ1n) is 4.90. The number of hydrogen-bond acceptors (Lipinski definition) is 3. The maximum absolute atomic E-state index is 13.7. The molecule has 1 aromatic rings. The van der Waals surface area contributed by atoms with Crippen LogP contribution >= 0.6 is 12.2 Å². The lowest BCUT2D eigenvalue weighted by molar-refractivity contribution is 0.201. The quantitative estimate of drug-likeness (QED) is 0.781. The average Bonchev–Trinajstić information content (AvgIpc) is 2.15. The minimum absolute atomic E-state index is 0.170. The molecule has 0 aliphatic rings.